The van der Waals surface area contributed by atoms with Crippen LogP contribution in [0, 0.1) is 0 Å². The average Bonchev–Trinajstić information content (AvgIpc) is 2.22. The number of ether oxygens (including phenoxy) is 1. The molecule has 1 fully saturated rings. The van der Waals surface area contributed by atoms with E-state index in [2.05, 4.69) is 4.74 Å². The van der Waals surface area contributed by atoms with Crippen molar-refractivity contribution in [3.05, 3.63) is 0 Å². The summed E-state index contributed by atoms with van der Waals surface area (Å²) in [7, 11) is 0. The number of nitrogens with one attached hydrogen (secondary N) is 1. The molecule has 1 aliphatic heterocycles. The van der Waals surface area contributed by atoms with Gasteiger partial charge in [-0.2, -0.15) is 0 Å². The van der Waals surface area contributed by atoms with Crippen LogP contribution in [0.4, 0.5) is 0 Å². The van der Waals surface area contributed by atoms with Crippen LogP contribution in [0.5, 0.6) is 0 Å². The third-order valence-electron chi connectivity index (χ3n) is 1.10. The van der Waals surface area contributed by atoms with Crippen molar-refractivity contribution < 1.29 is 20.5 Å². The Bertz CT molecular complexity index is 384. The van der Waals surface area contributed by atoms with Crippen LogP contribution in [0.25, 0.3) is 0 Å². The van der Waals surface area contributed by atoms with Crippen molar-refractivity contribution in [1.29, 1.82) is 0 Å². The normalized spacial score (nSPS) is 39.2. The van der Waals surface area contributed by atoms with E-state index in [1.54, 1.807) is 5.32 Å². The van der Waals surface area contributed by atoms with Crippen molar-refractivity contribution in [3.63, 3.8) is 0 Å². The topological polar surface area (TPSA) is 41.6 Å². The molecular weight excluding hydrogens is 227 g/mol. The molecule has 0 amide bonds. The number of esters is 1. The van der Waals surface area contributed by atoms with Crippen LogP contribution in [-0.4, -0.2) is 50.0 Å². The molecule has 0 spiro atoms. The summed E-state index contributed by atoms with van der Waals surface area (Å²) in [6.07, 6.45) is 0. The number of hydrogen-bond acceptors (Lipinski definition) is 4. The van der Waals surface area contributed by atoms with Crippen LogP contribution in [-0.2, 0) is 9.53 Å². The summed E-state index contributed by atoms with van der Waals surface area (Å²) in [5.74, 6) is -0.964. The first kappa shape index (κ1) is 5.89. The van der Waals surface area contributed by atoms with Crippen molar-refractivity contribution in [2.75, 3.05) is 39.1 Å². The minimum Gasteiger partial charge on any atom is -0.465 e. The Balaban J connectivity index is 0. The summed E-state index contributed by atoms with van der Waals surface area (Å²) in [4.78, 5) is 11.6. The monoisotopic (exact) mass is 252 g/mol. The highest BCUT2D eigenvalue weighted by molar-refractivity contribution is 5.85. The summed E-state index contributed by atoms with van der Waals surface area (Å²) < 4.78 is 65.4. The number of hydrogen-bond donors (Lipinski definition) is 1. The second kappa shape index (κ2) is 9.52. The molecule has 1 saturated heterocycles. The number of halogens is 2. The molecule has 0 aliphatic carbocycles. The fourth-order valence-electron chi connectivity index (χ4n) is 0.665. The molecule has 0 aromatic rings. The zero-order valence-corrected chi connectivity index (χ0v) is 9.13. The molecule has 0 aromatic heterocycles. The lowest BCUT2D eigenvalue weighted by atomic mass is 10.3. The van der Waals surface area contributed by atoms with Gasteiger partial charge in [-0.3, -0.25) is 9.69 Å². The van der Waals surface area contributed by atoms with E-state index in [-0.39, 0.29) is 36.3 Å². The Morgan fingerprint density at radius 3 is 2.57 bits per heavy atom. The predicted octanol–water partition coefficient (Wildman–Crippen LogP) is 0.298. The molecule has 1 N–H and O–H groups in total. The first-order valence-corrected chi connectivity index (χ1v) is 3.52. The van der Waals surface area contributed by atoms with Gasteiger partial charge in [-0.05, 0) is 6.92 Å². The minimum absolute atomic E-state index is 0. The SMILES string of the molecule is Cl.Cl.[2H]C1([2H])NC([2H])([2H])C([2H])([2H])N(CC(=O)OCC)C1([2H])[2H]. The first-order chi connectivity index (χ1) is 8.79. The van der Waals surface area contributed by atoms with Gasteiger partial charge in [0.1, 0.15) is 0 Å². The van der Waals surface area contributed by atoms with Crippen molar-refractivity contribution in [1.82, 2.24) is 10.2 Å². The number of nitrogens with zero attached hydrogens (tertiary/aromatic N) is 1. The number of piperazine rings is 1. The molecule has 4 nitrogen and oxygen atoms in total. The molecule has 6 heteroatoms. The molecule has 0 bridgehead atoms. The summed E-state index contributed by atoms with van der Waals surface area (Å²) in [6.45, 7) is -11.1. The Kier molecular flexibility index (Phi) is 4.01. The highest BCUT2D eigenvalue weighted by atomic mass is 35.5. The predicted molar refractivity (Wildman–Crippen MR) is 60.4 cm³/mol. The highest BCUT2D eigenvalue weighted by Gasteiger charge is 2.13. The van der Waals surface area contributed by atoms with Crippen LogP contribution in [0.2, 0.25) is 0 Å². The Morgan fingerprint density at radius 2 is 2.07 bits per heavy atom. The highest BCUT2D eigenvalue weighted by Crippen LogP contribution is 1.92. The zero-order valence-electron chi connectivity index (χ0n) is 15.5. The number of carbonyl (C=O) groups excluding carboxylic acids is 1. The van der Waals surface area contributed by atoms with E-state index in [4.69, 9.17) is 11.0 Å². The largest absolute Gasteiger partial charge is 0.465 e. The van der Waals surface area contributed by atoms with E-state index in [1.807, 2.05) is 0 Å². The number of carbonyl (C=O) groups is 1. The van der Waals surface area contributed by atoms with E-state index >= 15 is 0 Å². The number of rotatable bonds is 3. The summed E-state index contributed by atoms with van der Waals surface area (Å²) in [5.41, 5.74) is 0. The van der Waals surface area contributed by atoms with Crippen LogP contribution >= 0.6 is 24.8 Å². The smallest absolute Gasteiger partial charge is 0.320 e. The van der Waals surface area contributed by atoms with Crippen molar-refractivity contribution >= 4 is 30.8 Å². The lowest BCUT2D eigenvalue weighted by molar-refractivity contribution is -0.144. The third kappa shape index (κ3) is 6.43. The van der Waals surface area contributed by atoms with Crippen molar-refractivity contribution in [2.24, 2.45) is 0 Å². The van der Waals surface area contributed by atoms with Gasteiger partial charge in [0.05, 0.1) is 13.2 Å². The molecule has 14 heavy (non-hydrogen) atoms. The molecule has 0 unspecified atom stereocenters. The van der Waals surface area contributed by atoms with Crippen molar-refractivity contribution in [3.8, 4) is 0 Å². The van der Waals surface area contributed by atoms with Gasteiger partial charge in [-0.15, -0.1) is 24.8 Å². The summed E-state index contributed by atoms with van der Waals surface area (Å²) in [6, 6.07) is 0. The lowest BCUT2D eigenvalue weighted by Crippen LogP contribution is -2.45. The summed E-state index contributed by atoms with van der Waals surface area (Å²) in [5, 5.41) is 1.67. The average molecular weight is 253 g/mol. The van der Waals surface area contributed by atoms with Crippen LogP contribution in [0.15, 0.2) is 0 Å². The van der Waals surface area contributed by atoms with E-state index in [9.17, 15) is 4.79 Å². The Hall–Kier alpha value is -0.0300. The van der Waals surface area contributed by atoms with Gasteiger partial charge in [0.2, 0.25) is 0 Å². The first-order valence-electron chi connectivity index (χ1n) is 7.52. The molecule has 1 rings (SSSR count). The molecule has 0 saturated carbocycles. The zero-order chi connectivity index (χ0) is 16.0. The van der Waals surface area contributed by atoms with Gasteiger partial charge in [-0.1, -0.05) is 0 Å². The van der Waals surface area contributed by atoms with Crippen LogP contribution in [0.3, 0.4) is 0 Å². The standard InChI is InChI=1S/C8H16N2O2.2ClH/c1-2-12-8(11)7-10-5-3-9-4-6-10;;/h9H,2-7H2,1H3;2*1H/i3D2,4D2,5D2,6D2;;. The van der Waals surface area contributed by atoms with Crippen LogP contribution < -0.4 is 5.32 Å². The Morgan fingerprint density at radius 1 is 1.50 bits per heavy atom. The third-order valence-corrected chi connectivity index (χ3v) is 1.10. The Labute approximate surface area is 108 Å². The second-order valence-electron chi connectivity index (χ2n) is 1.99. The quantitative estimate of drug-likeness (QED) is 0.734. The molecule has 86 valence electrons. The van der Waals surface area contributed by atoms with E-state index in [1.165, 1.54) is 6.92 Å². The maximum absolute atomic E-state index is 11.4. The fraction of sp³-hybridized carbons (Fsp3) is 0.875. The molecule has 0 aromatic carbocycles. The van der Waals surface area contributed by atoms with Crippen molar-refractivity contribution in [2.45, 2.75) is 6.92 Å². The second-order valence-corrected chi connectivity index (χ2v) is 1.99. The fourth-order valence-corrected chi connectivity index (χ4v) is 0.665. The minimum atomic E-state index is -2.95. The van der Waals surface area contributed by atoms with Gasteiger partial charge < -0.3 is 10.1 Å². The van der Waals surface area contributed by atoms with Gasteiger partial charge >= 0.3 is 5.97 Å². The van der Waals surface area contributed by atoms with Crippen LogP contribution in [0.1, 0.15) is 17.9 Å². The lowest BCUT2D eigenvalue weighted by Gasteiger charge is -2.25. The molecular formula is C8H18Cl2N2O2. The molecule has 1 aliphatic rings. The maximum Gasteiger partial charge on any atom is 0.320 e. The van der Waals surface area contributed by atoms with Gasteiger partial charge in [-0.25, -0.2) is 0 Å². The van der Waals surface area contributed by atoms with Gasteiger partial charge in [0.25, 0.3) is 0 Å². The van der Waals surface area contributed by atoms with Gasteiger partial charge in [0.15, 0.2) is 0 Å². The van der Waals surface area contributed by atoms with E-state index in [0.717, 1.165) is 0 Å². The molecule has 1 heterocycles. The van der Waals surface area contributed by atoms with Gasteiger partial charge in [0, 0.05) is 37.0 Å². The van der Waals surface area contributed by atoms with E-state index < -0.39 is 38.5 Å². The van der Waals surface area contributed by atoms with E-state index in [0.29, 0.717) is 0 Å². The summed E-state index contributed by atoms with van der Waals surface area (Å²) >= 11 is 0. The maximum atomic E-state index is 11.4. The molecule has 0 atom stereocenters. The molecule has 0 radical (unpaired) electrons.